The lowest BCUT2D eigenvalue weighted by atomic mass is 9.86. The zero-order valence-electron chi connectivity index (χ0n) is 12.1. The molecule has 0 aromatic heterocycles. The molecule has 0 heterocycles. The van der Waals surface area contributed by atoms with E-state index in [9.17, 15) is 9.59 Å². The summed E-state index contributed by atoms with van der Waals surface area (Å²) in [5.41, 5.74) is 1.18. The van der Waals surface area contributed by atoms with E-state index in [4.69, 9.17) is 9.47 Å². The summed E-state index contributed by atoms with van der Waals surface area (Å²) < 4.78 is 9.98. The van der Waals surface area contributed by atoms with Gasteiger partial charge in [0.05, 0.1) is 5.92 Å². The summed E-state index contributed by atoms with van der Waals surface area (Å²) in [5, 5.41) is 0. The standard InChI is InChI=1S/C15H24O4/c1-4-14(16)18-8-9-19-15(17)12(3)13-7-5-6-11(2)10-13/h10-12H,4-9H2,1-3H3. The molecular weight excluding hydrogens is 244 g/mol. The predicted octanol–water partition coefficient (Wildman–Crippen LogP) is 2.87. The third-order valence-electron chi connectivity index (χ3n) is 3.41. The van der Waals surface area contributed by atoms with Crippen LogP contribution in [-0.4, -0.2) is 25.2 Å². The Labute approximate surface area is 115 Å². The summed E-state index contributed by atoms with van der Waals surface area (Å²) >= 11 is 0. The number of ether oxygens (including phenoxy) is 2. The predicted molar refractivity (Wildman–Crippen MR) is 72.5 cm³/mol. The molecule has 0 spiro atoms. The minimum absolute atomic E-state index is 0.137. The van der Waals surface area contributed by atoms with Crippen LogP contribution >= 0.6 is 0 Å². The van der Waals surface area contributed by atoms with Crippen LogP contribution in [0.25, 0.3) is 0 Å². The quantitative estimate of drug-likeness (QED) is 0.422. The largest absolute Gasteiger partial charge is 0.462 e. The van der Waals surface area contributed by atoms with Gasteiger partial charge < -0.3 is 9.47 Å². The first-order chi connectivity index (χ1) is 9.04. The van der Waals surface area contributed by atoms with E-state index in [1.807, 2.05) is 6.92 Å². The van der Waals surface area contributed by atoms with Gasteiger partial charge in [-0.1, -0.05) is 25.5 Å². The molecular formula is C15H24O4. The maximum atomic E-state index is 11.9. The van der Waals surface area contributed by atoms with Crippen molar-refractivity contribution in [3.05, 3.63) is 11.6 Å². The number of allylic oxidation sites excluding steroid dienone is 1. The van der Waals surface area contributed by atoms with Gasteiger partial charge in [0.2, 0.25) is 0 Å². The van der Waals surface area contributed by atoms with Crippen LogP contribution in [0.4, 0.5) is 0 Å². The molecule has 19 heavy (non-hydrogen) atoms. The third kappa shape index (κ3) is 5.45. The Hall–Kier alpha value is -1.32. The summed E-state index contributed by atoms with van der Waals surface area (Å²) in [5.74, 6) is -0.144. The van der Waals surface area contributed by atoms with Gasteiger partial charge in [0.15, 0.2) is 0 Å². The van der Waals surface area contributed by atoms with E-state index in [0.29, 0.717) is 12.3 Å². The lowest BCUT2D eigenvalue weighted by Crippen LogP contribution is -2.21. The van der Waals surface area contributed by atoms with Crippen LogP contribution in [-0.2, 0) is 19.1 Å². The molecule has 0 bridgehead atoms. The Kier molecular flexibility index (Phi) is 6.60. The van der Waals surface area contributed by atoms with Gasteiger partial charge in [0, 0.05) is 6.42 Å². The fourth-order valence-corrected chi connectivity index (χ4v) is 2.20. The number of carbonyl (C=O) groups is 2. The van der Waals surface area contributed by atoms with E-state index in [1.54, 1.807) is 6.92 Å². The van der Waals surface area contributed by atoms with E-state index < -0.39 is 0 Å². The minimum Gasteiger partial charge on any atom is -0.462 e. The normalized spacial score (nSPS) is 20.4. The maximum Gasteiger partial charge on any atom is 0.312 e. The molecule has 1 aliphatic carbocycles. The Morgan fingerprint density at radius 1 is 1.37 bits per heavy atom. The zero-order valence-corrected chi connectivity index (χ0v) is 12.1. The average molecular weight is 268 g/mol. The molecule has 1 rings (SSSR count). The highest BCUT2D eigenvalue weighted by molar-refractivity contribution is 5.75. The van der Waals surface area contributed by atoms with Crippen molar-refractivity contribution in [2.24, 2.45) is 11.8 Å². The summed E-state index contributed by atoms with van der Waals surface area (Å²) in [4.78, 5) is 22.8. The van der Waals surface area contributed by atoms with Gasteiger partial charge in [-0.2, -0.15) is 0 Å². The zero-order chi connectivity index (χ0) is 14.3. The van der Waals surface area contributed by atoms with E-state index in [0.717, 1.165) is 12.8 Å². The molecule has 0 fully saturated rings. The van der Waals surface area contributed by atoms with Gasteiger partial charge in [-0.3, -0.25) is 9.59 Å². The van der Waals surface area contributed by atoms with Crippen molar-refractivity contribution in [3.63, 3.8) is 0 Å². The molecule has 2 atom stereocenters. The van der Waals surface area contributed by atoms with Crippen LogP contribution in [0.15, 0.2) is 11.6 Å². The second-order valence-electron chi connectivity index (χ2n) is 5.07. The highest BCUT2D eigenvalue weighted by Gasteiger charge is 2.22. The fraction of sp³-hybridized carbons (Fsp3) is 0.733. The molecule has 2 unspecified atom stereocenters. The highest BCUT2D eigenvalue weighted by Crippen LogP contribution is 2.28. The van der Waals surface area contributed by atoms with Crippen LogP contribution in [0.5, 0.6) is 0 Å². The number of carbonyl (C=O) groups excluding carboxylic acids is 2. The molecule has 0 amide bonds. The molecule has 0 aromatic carbocycles. The van der Waals surface area contributed by atoms with Gasteiger partial charge in [-0.25, -0.2) is 0 Å². The summed E-state index contributed by atoms with van der Waals surface area (Å²) in [6.07, 6.45) is 5.84. The second-order valence-corrected chi connectivity index (χ2v) is 5.07. The SMILES string of the molecule is CCC(=O)OCCOC(=O)C(C)C1=CC(C)CCC1. The van der Waals surface area contributed by atoms with Crippen molar-refractivity contribution in [1.29, 1.82) is 0 Å². The van der Waals surface area contributed by atoms with Crippen LogP contribution in [0, 0.1) is 11.8 Å². The Morgan fingerprint density at radius 2 is 2.05 bits per heavy atom. The Balaban J connectivity index is 2.31. The Morgan fingerprint density at radius 3 is 2.68 bits per heavy atom. The van der Waals surface area contributed by atoms with Crippen LogP contribution in [0.2, 0.25) is 0 Å². The summed E-state index contributed by atoms with van der Waals surface area (Å²) in [6.45, 7) is 6.05. The molecule has 0 aliphatic heterocycles. The first-order valence-corrected chi connectivity index (χ1v) is 7.07. The van der Waals surface area contributed by atoms with Crippen molar-refractivity contribution < 1.29 is 19.1 Å². The van der Waals surface area contributed by atoms with Crippen LogP contribution < -0.4 is 0 Å². The number of hydrogen-bond donors (Lipinski definition) is 0. The number of rotatable bonds is 6. The summed E-state index contributed by atoms with van der Waals surface area (Å²) in [6, 6.07) is 0. The second kappa shape index (κ2) is 7.97. The smallest absolute Gasteiger partial charge is 0.312 e. The lowest BCUT2D eigenvalue weighted by molar-refractivity contribution is -0.153. The molecule has 4 nitrogen and oxygen atoms in total. The molecule has 0 saturated heterocycles. The molecule has 4 heteroatoms. The number of esters is 2. The van der Waals surface area contributed by atoms with Gasteiger partial charge in [-0.05, 0) is 32.1 Å². The van der Waals surface area contributed by atoms with E-state index in [2.05, 4.69) is 13.0 Å². The Bertz CT molecular complexity index is 346. The first-order valence-electron chi connectivity index (χ1n) is 7.07. The van der Waals surface area contributed by atoms with Crippen molar-refractivity contribution in [3.8, 4) is 0 Å². The van der Waals surface area contributed by atoms with E-state index in [1.165, 1.54) is 12.0 Å². The average Bonchev–Trinajstić information content (AvgIpc) is 2.42. The maximum absolute atomic E-state index is 11.9. The van der Waals surface area contributed by atoms with Gasteiger partial charge in [-0.15, -0.1) is 0 Å². The summed E-state index contributed by atoms with van der Waals surface area (Å²) in [7, 11) is 0. The van der Waals surface area contributed by atoms with Crippen molar-refractivity contribution >= 4 is 11.9 Å². The van der Waals surface area contributed by atoms with E-state index >= 15 is 0 Å². The third-order valence-corrected chi connectivity index (χ3v) is 3.41. The molecule has 108 valence electrons. The topological polar surface area (TPSA) is 52.6 Å². The molecule has 1 aliphatic rings. The van der Waals surface area contributed by atoms with Crippen molar-refractivity contribution in [2.45, 2.75) is 46.5 Å². The first kappa shape index (κ1) is 15.7. The van der Waals surface area contributed by atoms with E-state index in [-0.39, 0.29) is 31.1 Å². The minimum atomic E-state index is -0.270. The van der Waals surface area contributed by atoms with Crippen molar-refractivity contribution in [2.75, 3.05) is 13.2 Å². The van der Waals surface area contributed by atoms with Crippen LogP contribution in [0.3, 0.4) is 0 Å². The number of hydrogen-bond acceptors (Lipinski definition) is 4. The van der Waals surface area contributed by atoms with Gasteiger partial charge in [0.1, 0.15) is 13.2 Å². The lowest BCUT2D eigenvalue weighted by Gasteiger charge is -2.21. The van der Waals surface area contributed by atoms with Crippen molar-refractivity contribution in [1.82, 2.24) is 0 Å². The molecule has 0 aromatic rings. The fourth-order valence-electron chi connectivity index (χ4n) is 2.20. The van der Waals surface area contributed by atoms with Crippen LogP contribution in [0.1, 0.15) is 46.5 Å². The monoisotopic (exact) mass is 268 g/mol. The molecule has 0 radical (unpaired) electrons. The van der Waals surface area contributed by atoms with Gasteiger partial charge >= 0.3 is 11.9 Å². The molecule has 0 N–H and O–H groups in total. The van der Waals surface area contributed by atoms with Gasteiger partial charge in [0.25, 0.3) is 0 Å². The molecule has 0 saturated carbocycles. The highest BCUT2D eigenvalue weighted by atomic mass is 16.6.